The zero-order chi connectivity index (χ0) is 6.85. The minimum absolute atomic E-state index is 0. The van der Waals surface area contributed by atoms with E-state index in [1.807, 2.05) is 0 Å². The molecule has 0 aliphatic carbocycles. The van der Waals surface area contributed by atoms with Gasteiger partial charge in [-0.05, 0) is 0 Å². The summed E-state index contributed by atoms with van der Waals surface area (Å²) in [7, 11) is 0. The Kier molecular flexibility index (Phi) is 4.19. The summed E-state index contributed by atoms with van der Waals surface area (Å²) in [6.45, 7) is 0. The molecule has 0 aromatic heterocycles. The maximum atomic E-state index is 12.1. The molecule has 0 nitrogen and oxygen atoms in total. The van der Waals surface area contributed by atoms with Crippen molar-refractivity contribution >= 4 is 15.9 Å². The summed E-state index contributed by atoms with van der Waals surface area (Å²) in [5.41, 5.74) is 0. The molecule has 0 heterocycles. The van der Waals surface area contributed by atoms with Crippen LogP contribution in [0.4, 0.5) is 8.78 Å². The second-order valence-electron chi connectivity index (χ2n) is 1.48. The predicted octanol–water partition coefficient (Wildman–Crippen LogP) is -0.469. The summed E-state index contributed by atoms with van der Waals surface area (Å²) in [5, 5.41) is 0. The van der Waals surface area contributed by atoms with Crippen LogP contribution >= 0.6 is 15.9 Å². The van der Waals surface area contributed by atoms with Gasteiger partial charge in [-0.2, -0.15) is 6.07 Å². The molecular weight excluding hydrogens is 197 g/mol. The molecule has 1 rings (SSSR count). The summed E-state index contributed by atoms with van der Waals surface area (Å²) < 4.78 is 24.7. The monoisotopic (exact) mass is 198 g/mol. The fourth-order valence-corrected chi connectivity index (χ4v) is 0.743. The Morgan fingerprint density at radius 3 is 2.40 bits per heavy atom. The Bertz CT molecular complexity index is 227. The van der Waals surface area contributed by atoms with E-state index >= 15 is 0 Å². The fraction of sp³-hybridized carbons (Fsp3) is 0. The summed E-state index contributed by atoms with van der Waals surface area (Å²) >= 11 is 2.96. The Balaban J connectivity index is 0.000000810. The van der Waals surface area contributed by atoms with Gasteiger partial charge in [-0.25, -0.2) is 4.39 Å². The second kappa shape index (κ2) is 4.12. The molecule has 0 N–H and O–H groups in total. The van der Waals surface area contributed by atoms with Gasteiger partial charge in [-0.3, -0.25) is 4.39 Å². The number of halogens is 3. The molecule has 1 aromatic carbocycles. The molecule has 0 atom stereocenters. The van der Waals surface area contributed by atoms with E-state index in [1.54, 1.807) is 0 Å². The summed E-state index contributed by atoms with van der Waals surface area (Å²) in [4.78, 5) is 0. The molecule has 0 unspecified atom stereocenters. The van der Waals surface area contributed by atoms with Crippen molar-refractivity contribution in [3.63, 3.8) is 0 Å². The van der Waals surface area contributed by atoms with Crippen LogP contribution in [0.5, 0.6) is 0 Å². The first kappa shape index (κ1) is 10.2. The van der Waals surface area contributed by atoms with Crippen molar-refractivity contribution in [1.29, 1.82) is 0 Å². The third-order valence-electron chi connectivity index (χ3n) is 0.811. The van der Waals surface area contributed by atoms with Crippen LogP contribution < -0.4 is 18.9 Å². The van der Waals surface area contributed by atoms with Crippen molar-refractivity contribution in [2.24, 2.45) is 0 Å². The van der Waals surface area contributed by atoms with E-state index in [4.69, 9.17) is 0 Å². The van der Waals surface area contributed by atoms with Gasteiger partial charge in [-0.15, -0.1) is 28.1 Å². The normalized spacial score (nSPS) is 8.70. The van der Waals surface area contributed by atoms with Crippen molar-refractivity contribution in [3.8, 4) is 0 Å². The maximum absolute atomic E-state index is 12.1. The number of hydrogen-bond donors (Lipinski definition) is 0. The standard InChI is InChI=1S/C6H2BrF2.Li/c7-4-1-2-5(8)6(9)3-4;/h1,3H;/q-1;+1. The quantitative estimate of drug-likeness (QED) is 0.301. The van der Waals surface area contributed by atoms with E-state index in [1.165, 1.54) is 6.07 Å². The van der Waals surface area contributed by atoms with Gasteiger partial charge in [0.25, 0.3) is 0 Å². The molecule has 0 aliphatic rings. The molecule has 0 radical (unpaired) electrons. The Morgan fingerprint density at radius 2 is 2.00 bits per heavy atom. The van der Waals surface area contributed by atoms with E-state index in [0.717, 1.165) is 6.07 Å². The van der Waals surface area contributed by atoms with Crippen LogP contribution in [0.25, 0.3) is 0 Å². The summed E-state index contributed by atoms with van der Waals surface area (Å²) in [5.74, 6) is -1.83. The van der Waals surface area contributed by atoms with E-state index in [0.29, 0.717) is 4.47 Å². The van der Waals surface area contributed by atoms with Crippen molar-refractivity contribution in [2.45, 2.75) is 0 Å². The Morgan fingerprint density at radius 1 is 1.40 bits per heavy atom. The minimum Gasteiger partial charge on any atom is -0.281 e. The molecule has 0 spiro atoms. The van der Waals surface area contributed by atoms with Crippen LogP contribution in [-0.2, 0) is 0 Å². The van der Waals surface area contributed by atoms with Crippen molar-refractivity contribution in [3.05, 3.63) is 34.3 Å². The average Bonchev–Trinajstić information content (AvgIpc) is 1.80. The van der Waals surface area contributed by atoms with Crippen molar-refractivity contribution < 1.29 is 27.6 Å². The molecule has 0 saturated heterocycles. The van der Waals surface area contributed by atoms with Gasteiger partial charge >= 0.3 is 18.9 Å². The largest absolute Gasteiger partial charge is 1.00 e. The number of benzene rings is 1. The SMILES string of the molecule is Fc1[c-]cc(Br)cc1F.[Li+]. The predicted molar refractivity (Wildman–Crippen MR) is 32.9 cm³/mol. The number of rotatable bonds is 0. The van der Waals surface area contributed by atoms with E-state index in [2.05, 4.69) is 22.0 Å². The van der Waals surface area contributed by atoms with Gasteiger partial charge in [-0.1, -0.05) is 4.47 Å². The molecule has 10 heavy (non-hydrogen) atoms. The molecule has 0 fully saturated rings. The molecule has 0 saturated carbocycles. The zero-order valence-electron chi connectivity index (χ0n) is 5.29. The molecule has 0 bridgehead atoms. The van der Waals surface area contributed by atoms with Gasteiger partial charge in [0.2, 0.25) is 0 Å². The van der Waals surface area contributed by atoms with Crippen LogP contribution in [0.2, 0.25) is 0 Å². The van der Waals surface area contributed by atoms with E-state index in [9.17, 15) is 8.78 Å². The molecule has 0 aliphatic heterocycles. The Hall–Kier alpha value is 0.157. The van der Waals surface area contributed by atoms with Crippen LogP contribution in [0.15, 0.2) is 16.6 Å². The fourth-order valence-electron chi connectivity index (χ4n) is 0.427. The average molecular weight is 199 g/mol. The zero-order valence-corrected chi connectivity index (χ0v) is 6.87. The van der Waals surface area contributed by atoms with Gasteiger partial charge < -0.3 is 0 Å². The van der Waals surface area contributed by atoms with Gasteiger partial charge in [0.05, 0.1) is 0 Å². The molecular formula is C6H2BrF2Li. The summed E-state index contributed by atoms with van der Waals surface area (Å²) in [6.07, 6.45) is 0. The van der Waals surface area contributed by atoms with Crippen LogP contribution in [0.3, 0.4) is 0 Å². The maximum Gasteiger partial charge on any atom is 1.00 e. The molecule has 48 valence electrons. The minimum atomic E-state index is -0.946. The van der Waals surface area contributed by atoms with Crippen LogP contribution in [-0.4, -0.2) is 0 Å². The van der Waals surface area contributed by atoms with Crippen LogP contribution in [0, 0.1) is 17.7 Å². The van der Waals surface area contributed by atoms with E-state index < -0.39 is 11.6 Å². The molecule has 1 aromatic rings. The third kappa shape index (κ3) is 2.41. The number of hydrogen-bond acceptors (Lipinski definition) is 0. The topological polar surface area (TPSA) is 0 Å². The van der Waals surface area contributed by atoms with Crippen molar-refractivity contribution in [1.82, 2.24) is 0 Å². The van der Waals surface area contributed by atoms with Gasteiger partial charge in [0, 0.05) is 11.6 Å². The second-order valence-corrected chi connectivity index (χ2v) is 2.40. The molecule has 0 amide bonds. The van der Waals surface area contributed by atoms with E-state index in [-0.39, 0.29) is 18.9 Å². The first-order valence-electron chi connectivity index (χ1n) is 2.22. The van der Waals surface area contributed by atoms with Crippen molar-refractivity contribution in [2.75, 3.05) is 0 Å². The Labute approximate surface area is 77.9 Å². The smallest absolute Gasteiger partial charge is 0.281 e. The first-order valence-corrected chi connectivity index (χ1v) is 3.01. The molecule has 4 heteroatoms. The van der Waals surface area contributed by atoms with Crippen LogP contribution in [0.1, 0.15) is 0 Å². The summed E-state index contributed by atoms with van der Waals surface area (Å²) in [6, 6.07) is 4.44. The third-order valence-corrected chi connectivity index (χ3v) is 1.27. The van der Waals surface area contributed by atoms with Gasteiger partial charge in [0.15, 0.2) is 0 Å². The van der Waals surface area contributed by atoms with Gasteiger partial charge in [0.1, 0.15) is 0 Å². The first-order chi connectivity index (χ1) is 4.20.